The molecular weight excluding hydrogens is 568 g/mol. The number of aliphatic hydroxyl groups is 11. The van der Waals surface area contributed by atoms with Gasteiger partial charge in [0, 0.05) is 5.92 Å². The van der Waals surface area contributed by atoms with Gasteiger partial charge in [0.15, 0.2) is 12.6 Å². The van der Waals surface area contributed by atoms with Crippen LogP contribution in [0.4, 0.5) is 0 Å². The highest BCUT2D eigenvalue weighted by atomic mass is 16.8. The van der Waals surface area contributed by atoms with Gasteiger partial charge in [-0.2, -0.15) is 0 Å². The molecule has 0 aromatic carbocycles. The highest BCUT2D eigenvalue weighted by Crippen LogP contribution is 2.43. The Morgan fingerprint density at radius 3 is 1.95 bits per heavy atom. The van der Waals surface area contributed by atoms with E-state index in [4.69, 9.17) is 23.7 Å². The van der Waals surface area contributed by atoms with Gasteiger partial charge in [-0.3, -0.25) is 0 Å². The molecule has 5 aliphatic rings. The second-order valence-electron chi connectivity index (χ2n) is 12.3. The molecule has 2 saturated carbocycles. The Morgan fingerprint density at radius 2 is 1.29 bits per heavy atom. The van der Waals surface area contributed by atoms with E-state index in [0.29, 0.717) is 0 Å². The number of ether oxygens (including phenoxy) is 5. The summed E-state index contributed by atoms with van der Waals surface area (Å²) in [6, 6.07) is 0. The Kier molecular flexibility index (Phi) is 10.4. The lowest BCUT2D eigenvalue weighted by Gasteiger charge is -2.52. The first-order chi connectivity index (χ1) is 19.9. The topological polar surface area (TPSA) is 269 Å². The molecule has 17 atom stereocenters. The van der Waals surface area contributed by atoms with Gasteiger partial charge < -0.3 is 79.9 Å². The first-order valence-corrected chi connectivity index (χ1v) is 14.5. The molecule has 16 heteroatoms. The normalized spacial score (nSPS) is 55.6. The van der Waals surface area contributed by atoms with Crippen molar-refractivity contribution in [2.45, 2.75) is 136 Å². The third-order valence-corrected chi connectivity index (χ3v) is 9.41. The zero-order valence-electron chi connectivity index (χ0n) is 22.9. The summed E-state index contributed by atoms with van der Waals surface area (Å²) in [4.78, 5) is 0. The van der Waals surface area contributed by atoms with Crippen LogP contribution >= 0.6 is 0 Å². The maximum absolute atomic E-state index is 11.0. The Hall–Kier alpha value is -0.640. The molecule has 8 unspecified atom stereocenters. The molecule has 3 heterocycles. The maximum Gasteiger partial charge on any atom is 0.187 e. The van der Waals surface area contributed by atoms with Crippen molar-refractivity contribution in [3.05, 3.63) is 0 Å². The molecule has 0 spiro atoms. The molecule has 0 aromatic rings. The third kappa shape index (κ3) is 6.50. The van der Waals surface area contributed by atoms with Gasteiger partial charge in [0.1, 0.15) is 48.8 Å². The summed E-state index contributed by atoms with van der Waals surface area (Å²) >= 11 is 0. The van der Waals surface area contributed by atoms with Gasteiger partial charge in [0.25, 0.3) is 0 Å². The van der Waals surface area contributed by atoms with Gasteiger partial charge in [-0.25, -0.2) is 0 Å². The second kappa shape index (κ2) is 13.4. The van der Waals surface area contributed by atoms with E-state index in [9.17, 15) is 56.2 Å². The van der Waals surface area contributed by atoms with Crippen LogP contribution in [0.1, 0.15) is 32.1 Å². The maximum atomic E-state index is 11.0. The average molecular weight is 613 g/mol. The predicted molar refractivity (Wildman–Crippen MR) is 134 cm³/mol. The number of hydrogen-bond acceptors (Lipinski definition) is 16. The minimum Gasteiger partial charge on any atom is -0.394 e. The van der Waals surface area contributed by atoms with Crippen LogP contribution in [0.25, 0.3) is 0 Å². The van der Waals surface area contributed by atoms with Crippen molar-refractivity contribution >= 4 is 0 Å². The van der Waals surface area contributed by atoms with Crippen molar-refractivity contribution in [1.82, 2.24) is 0 Å². The van der Waals surface area contributed by atoms with Crippen molar-refractivity contribution in [3.8, 4) is 0 Å². The molecule has 5 rings (SSSR count). The van der Waals surface area contributed by atoms with Crippen molar-refractivity contribution in [1.29, 1.82) is 0 Å². The minimum atomic E-state index is -1.74. The third-order valence-electron chi connectivity index (χ3n) is 9.41. The molecule has 2 aliphatic carbocycles. The summed E-state index contributed by atoms with van der Waals surface area (Å²) in [6.45, 7) is -1.10. The van der Waals surface area contributed by atoms with Crippen LogP contribution in [0.2, 0.25) is 0 Å². The van der Waals surface area contributed by atoms with Crippen molar-refractivity contribution in [2.24, 2.45) is 11.8 Å². The molecular formula is C26H44O16. The predicted octanol–water partition coefficient (Wildman–Crippen LogP) is -5.58. The van der Waals surface area contributed by atoms with E-state index in [1.165, 1.54) is 0 Å². The lowest BCUT2D eigenvalue weighted by atomic mass is 9.72. The number of rotatable bonds is 6. The highest BCUT2D eigenvalue weighted by molar-refractivity contribution is 5.00. The van der Waals surface area contributed by atoms with E-state index in [-0.39, 0.29) is 32.1 Å². The van der Waals surface area contributed by atoms with E-state index < -0.39 is 129 Å². The number of aliphatic hydroxyl groups excluding tert-OH is 11. The van der Waals surface area contributed by atoms with Gasteiger partial charge in [0.05, 0.1) is 55.9 Å². The SMILES string of the molecule is OC[C@H]1O[C@@H](OC2CC3C(O)CC(O)CC3OC2C2CC(O)C(O)C(O)C2)[C@H](O[C@@H]2OC[C@@H](O)[C@H](O)[C@H]2O)[C@@H](O)[C@@H]1O. The Labute approximate surface area is 241 Å². The van der Waals surface area contributed by atoms with Gasteiger partial charge in [-0.15, -0.1) is 0 Å². The summed E-state index contributed by atoms with van der Waals surface area (Å²) < 4.78 is 29.5. The summed E-state index contributed by atoms with van der Waals surface area (Å²) in [6.07, 6.45) is -21.5. The summed E-state index contributed by atoms with van der Waals surface area (Å²) in [7, 11) is 0. The summed E-state index contributed by atoms with van der Waals surface area (Å²) in [5, 5.41) is 113. The van der Waals surface area contributed by atoms with Crippen LogP contribution in [-0.4, -0.2) is 174 Å². The number of hydrogen-bond donors (Lipinski definition) is 11. The summed E-state index contributed by atoms with van der Waals surface area (Å²) in [5.74, 6) is -1.03. The molecule has 5 fully saturated rings. The fourth-order valence-corrected chi connectivity index (χ4v) is 7.00. The molecule has 3 aliphatic heterocycles. The largest absolute Gasteiger partial charge is 0.394 e. The Balaban J connectivity index is 1.40. The molecule has 16 nitrogen and oxygen atoms in total. The van der Waals surface area contributed by atoms with Crippen LogP contribution < -0.4 is 0 Å². The number of fused-ring (bicyclic) bond motifs is 1. The smallest absolute Gasteiger partial charge is 0.187 e. The van der Waals surface area contributed by atoms with Crippen LogP contribution in [0, 0.1) is 11.8 Å². The van der Waals surface area contributed by atoms with E-state index in [1.807, 2.05) is 0 Å². The Bertz CT molecular complexity index is 871. The first kappa shape index (κ1) is 32.7. The molecule has 0 radical (unpaired) electrons. The monoisotopic (exact) mass is 612 g/mol. The lowest BCUT2D eigenvalue weighted by Crippen LogP contribution is -2.65. The van der Waals surface area contributed by atoms with Crippen molar-refractivity contribution < 1.29 is 79.9 Å². The lowest BCUT2D eigenvalue weighted by molar-refractivity contribution is -0.371. The van der Waals surface area contributed by atoms with E-state index >= 15 is 0 Å². The van der Waals surface area contributed by atoms with Crippen molar-refractivity contribution in [2.75, 3.05) is 13.2 Å². The first-order valence-electron chi connectivity index (χ1n) is 14.5. The minimum absolute atomic E-state index is 0.0413. The van der Waals surface area contributed by atoms with Crippen LogP contribution in [0.15, 0.2) is 0 Å². The highest BCUT2D eigenvalue weighted by Gasteiger charge is 2.54. The zero-order valence-corrected chi connectivity index (χ0v) is 22.9. The molecule has 0 bridgehead atoms. The molecule has 42 heavy (non-hydrogen) atoms. The van der Waals surface area contributed by atoms with Crippen LogP contribution in [0.3, 0.4) is 0 Å². The van der Waals surface area contributed by atoms with Crippen molar-refractivity contribution in [3.63, 3.8) is 0 Å². The zero-order chi connectivity index (χ0) is 30.5. The standard InChI is InChI=1S/C26H44O16/c27-6-17-20(35)21(36)24(42-25-22(37)19(34)14(32)7-38-25)26(41-17)40-16-5-10-11(29)3-9(28)4-15(10)39-23(16)8-1-12(30)18(33)13(31)2-8/h8-37H,1-7H2/t8?,9?,10?,11?,12?,13?,14-,15?,16?,17-,18?,19+,20-,21+,22-,23?,24-,25+,26-/m1/s1. The molecule has 0 aromatic heterocycles. The van der Waals surface area contributed by atoms with E-state index in [1.54, 1.807) is 0 Å². The van der Waals surface area contributed by atoms with E-state index in [0.717, 1.165) is 0 Å². The molecule has 11 N–H and O–H groups in total. The fourth-order valence-electron chi connectivity index (χ4n) is 7.00. The quantitative estimate of drug-likeness (QED) is 0.133. The van der Waals surface area contributed by atoms with Gasteiger partial charge in [-0.1, -0.05) is 0 Å². The fraction of sp³-hybridized carbons (Fsp3) is 1.00. The van der Waals surface area contributed by atoms with Gasteiger partial charge in [-0.05, 0) is 38.0 Å². The van der Waals surface area contributed by atoms with E-state index in [2.05, 4.69) is 0 Å². The molecule has 244 valence electrons. The average Bonchev–Trinajstić information content (AvgIpc) is 2.95. The molecule has 3 saturated heterocycles. The van der Waals surface area contributed by atoms with Crippen LogP contribution in [0.5, 0.6) is 0 Å². The van der Waals surface area contributed by atoms with Gasteiger partial charge >= 0.3 is 0 Å². The molecule has 0 amide bonds. The van der Waals surface area contributed by atoms with Crippen LogP contribution in [-0.2, 0) is 23.7 Å². The summed E-state index contributed by atoms with van der Waals surface area (Å²) in [5.41, 5.74) is 0. The second-order valence-corrected chi connectivity index (χ2v) is 12.3. The van der Waals surface area contributed by atoms with Gasteiger partial charge in [0.2, 0.25) is 0 Å². The Morgan fingerprint density at radius 1 is 0.595 bits per heavy atom.